The number of nitro benzene ring substituents is 1. The van der Waals surface area contributed by atoms with Gasteiger partial charge in [-0.05, 0) is 23.6 Å². The van der Waals surface area contributed by atoms with E-state index in [1.165, 1.54) is 18.6 Å². The normalized spacial score (nSPS) is 8.88. The van der Waals surface area contributed by atoms with Gasteiger partial charge in [0.05, 0.1) is 4.92 Å². The van der Waals surface area contributed by atoms with Crippen molar-refractivity contribution in [1.29, 1.82) is 0 Å². The Morgan fingerprint density at radius 3 is 2.18 bits per heavy atom. The molecular formula is C14H19NO2. The summed E-state index contributed by atoms with van der Waals surface area (Å²) in [5, 5.41) is 10.6. The number of hydrogen-bond donors (Lipinski definition) is 0. The number of benzene rings is 1. The van der Waals surface area contributed by atoms with Crippen LogP contribution in [0.5, 0.6) is 0 Å². The predicted molar refractivity (Wildman–Crippen MR) is 74.0 cm³/mol. The van der Waals surface area contributed by atoms with Gasteiger partial charge in [-0.25, -0.2) is 0 Å². The molecule has 0 aliphatic rings. The summed E-state index contributed by atoms with van der Waals surface area (Å²) < 4.78 is 0. The number of hydrogen-bond acceptors (Lipinski definition) is 2. The van der Waals surface area contributed by atoms with Crippen LogP contribution in [0.15, 0.2) is 25.3 Å². The molecule has 0 unspecified atom stereocenters. The molecule has 0 amide bonds. The Balaban J connectivity index is 0.000000770. The van der Waals surface area contributed by atoms with Crippen LogP contribution in [0.3, 0.4) is 0 Å². The second kappa shape index (κ2) is 7.39. The van der Waals surface area contributed by atoms with Crippen LogP contribution in [-0.2, 0) is 0 Å². The van der Waals surface area contributed by atoms with Crippen molar-refractivity contribution in [3.63, 3.8) is 0 Å². The quantitative estimate of drug-likeness (QED) is 0.565. The SMILES string of the molecule is C=Cc1cc([N+](=O)[O-])cc(C)c1C=C.CCC. The number of nitrogens with zero attached hydrogens (tertiary/aromatic N) is 1. The van der Waals surface area contributed by atoms with Gasteiger partial charge in [0, 0.05) is 12.1 Å². The van der Waals surface area contributed by atoms with Gasteiger partial charge in [-0.2, -0.15) is 0 Å². The summed E-state index contributed by atoms with van der Waals surface area (Å²) in [6, 6.07) is 3.03. The molecule has 0 atom stereocenters. The van der Waals surface area contributed by atoms with Crippen LogP contribution in [0.4, 0.5) is 5.69 Å². The molecule has 0 saturated carbocycles. The third kappa shape index (κ3) is 4.23. The molecule has 1 aromatic carbocycles. The summed E-state index contributed by atoms with van der Waals surface area (Å²) in [7, 11) is 0. The minimum atomic E-state index is -0.410. The van der Waals surface area contributed by atoms with E-state index < -0.39 is 4.92 Å². The average molecular weight is 233 g/mol. The molecule has 1 aromatic rings. The van der Waals surface area contributed by atoms with E-state index in [9.17, 15) is 10.1 Å². The molecule has 0 bridgehead atoms. The lowest BCUT2D eigenvalue weighted by Gasteiger charge is -2.04. The molecule has 0 N–H and O–H groups in total. The van der Waals surface area contributed by atoms with Gasteiger partial charge in [-0.1, -0.05) is 45.6 Å². The Morgan fingerprint density at radius 1 is 1.29 bits per heavy atom. The first-order valence-electron chi connectivity index (χ1n) is 5.55. The molecule has 1 rings (SSSR count). The van der Waals surface area contributed by atoms with Gasteiger partial charge in [0.25, 0.3) is 5.69 Å². The topological polar surface area (TPSA) is 43.1 Å². The van der Waals surface area contributed by atoms with Gasteiger partial charge >= 0.3 is 0 Å². The minimum absolute atomic E-state index is 0.0861. The molecule has 17 heavy (non-hydrogen) atoms. The molecular weight excluding hydrogens is 214 g/mol. The Labute approximate surface area is 103 Å². The van der Waals surface area contributed by atoms with Crippen LogP contribution in [0.1, 0.15) is 37.0 Å². The molecule has 0 aliphatic heterocycles. The Hall–Kier alpha value is -1.90. The van der Waals surface area contributed by atoms with E-state index in [0.29, 0.717) is 0 Å². The first-order valence-corrected chi connectivity index (χ1v) is 5.55. The summed E-state index contributed by atoms with van der Waals surface area (Å²) >= 11 is 0. The highest BCUT2D eigenvalue weighted by Gasteiger charge is 2.10. The van der Waals surface area contributed by atoms with Crippen molar-refractivity contribution in [2.45, 2.75) is 27.2 Å². The van der Waals surface area contributed by atoms with Crippen LogP contribution < -0.4 is 0 Å². The highest BCUT2D eigenvalue weighted by Crippen LogP contribution is 2.23. The van der Waals surface area contributed by atoms with E-state index >= 15 is 0 Å². The van der Waals surface area contributed by atoms with Crippen LogP contribution in [0.25, 0.3) is 12.2 Å². The van der Waals surface area contributed by atoms with Crippen molar-refractivity contribution >= 4 is 17.8 Å². The molecule has 0 radical (unpaired) electrons. The number of aryl methyl sites for hydroxylation is 1. The monoisotopic (exact) mass is 233 g/mol. The maximum absolute atomic E-state index is 10.6. The van der Waals surface area contributed by atoms with Gasteiger partial charge in [-0.15, -0.1) is 0 Å². The lowest BCUT2D eigenvalue weighted by Crippen LogP contribution is -1.93. The molecule has 92 valence electrons. The van der Waals surface area contributed by atoms with Crippen LogP contribution in [0, 0.1) is 17.0 Å². The Kier molecular flexibility index (Phi) is 6.56. The summed E-state index contributed by atoms with van der Waals surface area (Å²) in [5.74, 6) is 0. The van der Waals surface area contributed by atoms with Gasteiger partial charge in [0.1, 0.15) is 0 Å². The highest BCUT2D eigenvalue weighted by molar-refractivity contribution is 5.68. The first kappa shape index (κ1) is 15.1. The molecule has 0 aliphatic carbocycles. The fourth-order valence-electron chi connectivity index (χ4n) is 1.36. The summed E-state index contributed by atoms with van der Waals surface area (Å²) in [6.07, 6.45) is 4.52. The van der Waals surface area contributed by atoms with Gasteiger partial charge in [0.2, 0.25) is 0 Å². The molecule has 0 heterocycles. The predicted octanol–water partition coefficient (Wildman–Crippen LogP) is 4.61. The summed E-state index contributed by atoms with van der Waals surface area (Å²) in [4.78, 5) is 10.2. The molecule has 3 heteroatoms. The van der Waals surface area contributed by atoms with E-state index in [4.69, 9.17) is 0 Å². The molecule has 0 spiro atoms. The Bertz CT molecular complexity index is 422. The van der Waals surface area contributed by atoms with E-state index in [1.807, 2.05) is 6.92 Å². The molecule has 0 saturated heterocycles. The van der Waals surface area contributed by atoms with Crippen molar-refractivity contribution in [3.05, 3.63) is 52.1 Å². The highest BCUT2D eigenvalue weighted by atomic mass is 16.6. The van der Waals surface area contributed by atoms with Crippen molar-refractivity contribution < 1.29 is 4.92 Å². The standard InChI is InChI=1S/C11H11NO2.C3H8/c1-4-9-7-10(12(13)14)6-8(3)11(9)5-2;1-3-2/h4-7H,1-2H2,3H3;3H2,1-2H3. The van der Waals surface area contributed by atoms with Crippen LogP contribution in [-0.4, -0.2) is 4.92 Å². The zero-order valence-electron chi connectivity index (χ0n) is 10.7. The maximum atomic E-state index is 10.6. The van der Waals surface area contributed by atoms with E-state index in [1.54, 1.807) is 12.2 Å². The van der Waals surface area contributed by atoms with E-state index in [2.05, 4.69) is 27.0 Å². The second-order valence-electron chi connectivity index (χ2n) is 3.64. The summed E-state index contributed by atoms with van der Waals surface area (Å²) in [5.41, 5.74) is 2.56. The lowest BCUT2D eigenvalue weighted by molar-refractivity contribution is -0.384. The van der Waals surface area contributed by atoms with E-state index in [-0.39, 0.29) is 5.69 Å². The van der Waals surface area contributed by atoms with Crippen molar-refractivity contribution in [2.24, 2.45) is 0 Å². The number of non-ortho nitro benzene ring substituents is 1. The van der Waals surface area contributed by atoms with Crippen LogP contribution >= 0.6 is 0 Å². The third-order valence-electron chi connectivity index (χ3n) is 2.04. The lowest BCUT2D eigenvalue weighted by atomic mass is 10.0. The number of rotatable bonds is 3. The second-order valence-corrected chi connectivity index (χ2v) is 3.64. The van der Waals surface area contributed by atoms with Gasteiger partial charge in [0.15, 0.2) is 0 Å². The fraction of sp³-hybridized carbons (Fsp3) is 0.286. The number of nitro groups is 1. The fourth-order valence-corrected chi connectivity index (χ4v) is 1.36. The van der Waals surface area contributed by atoms with Crippen molar-refractivity contribution in [1.82, 2.24) is 0 Å². The van der Waals surface area contributed by atoms with Crippen molar-refractivity contribution in [2.75, 3.05) is 0 Å². The van der Waals surface area contributed by atoms with Crippen molar-refractivity contribution in [3.8, 4) is 0 Å². The van der Waals surface area contributed by atoms with E-state index in [0.717, 1.165) is 16.7 Å². The van der Waals surface area contributed by atoms with Gasteiger partial charge < -0.3 is 0 Å². The zero-order valence-corrected chi connectivity index (χ0v) is 10.7. The maximum Gasteiger partial charge on any atom is 0.270 e. The zero-order chi connectivity index (χ0) is 13.4. The Morgan fingerprint density at radius 2 is 1.82 bits per heavy atom. The van der Waals surface area contributed by atoms with Gasteiger partial charge in [-0.3, -0.25) is 10.1 Å². The molecule has 0 fully saturated rings. The smallest absolute Gasteiger partial charge is 0.258 e. The minimum Gasteiger partial charge on any atom is -0.258 e. The third-order valence-corrected chi connectivity index (χ3v) is 2.04. The van der Waals surface area contributed by atoms with Crippen LogP contribution in [0.2, 0.25) is 0 Å². The first-order chi connectivity index (χ1) is 8.01. The largest absolute Gasteiger partial charge is 0.270 e. The average Bonchev–Trinajstić information content (AvgIpc) is 2.28. The molecule has 0 aromatic heterocycles. The summed E-state index contributed by atoms with van der Waals surface area (Å²) in [6.45, 7) is 13.3. The molecule has 3 nitrogen and oxygen atoms in total.